The first-order valence-electron chi connectivity index (χ1n) is 9.80. The van der Waals surface area contributed by atoms with Gasteiger partial charge in [0.05, 0.1) is 24.8 Å². The Bertz CT molecular complexity index is 956. The highest BCUT2D eigenvalue weighted by molar-refractivity contribution is 9.10. The van der Waals surface area contributed by atoms with Gasteiger partial charge in [0.15, 0.2) is 0 Å². The van der Waals surface area contributed by atoms with Gasteiger partial charge in [-0.25, -0.2) is 0 Å². The van der Waals surface area contributed by atoms with Crippen molar-refractivity contribution in [3.05, 3.63) is 70.0 Å². The topological polar surface area (TPSA) is 83.0 Å². The van der Waals surface area contributed by atoms with Gasteiger partial charge in [0.1, 0.15) is 5.76 Å². The summed E-state index contributed by atoms with van der Waals surface area (Å²) >= 11 is 3.37. The highest BCUT2D eigenvalue weighted by Crippen LogP contribution is 2.39. The van der Waals surface area contributed by atoms with Crippen LogP contribution in [0.25, 0.3) is 5.76 Å². The average molecular weight is 472 g/mol. The molecule has 2 aromatic rings. The SMILES string of the molecule is O=C1C(=O)N(CCN2CCOCC2)[C@H](c2cccnc2)C1=C(O)c1ccc(Br)cc1. The van der Waals surface area contributed by atoms with Gasteiger partial charge in [0, 0.05) is 48.6 Å². The summed E-state index contributed by atoms with van der Waals surface area (Å²) in [6.07, 6.45) is 3.27. The number of aromatic nitrogens is 1. The summed E-state index contributed by atoms with van der Waals surface area (Å²) in [6.45, 7) is 3.91. The highest BCUT2D eigenvalue weighted by Gasteiger charge is 2.46. The first-order valence-corrected chi connectivity index (χ1v) is 10.6. The van der Waals surface area contributed by atoms with E-state index in [2.05, 4.69) is 25.8 Å². The summed E-state index contributed by atoms with van der Waals surface area (Å²) in [5.74, 6) is -1.45. The number of hydrogen-bond donors (Lipinski definition) is 1. The lowest BCUT2D eigenvalue weighted by atomic mass is 9.96. The van der Waals surface area contributed by atoms with Crippen LogP contribution in [0.2, 0.25) is 0 Å². The van der Waals surface area contributed by atoms with Crippen LogP contribution in [-0.2, 0) is 14.3 Å². The van der Waals surface area contributed by atoms with Crippen LogP contribution in [0.3, 0.4) is 0 Å². The zero-order valence-corrected chi connectivity index (χ0v) is 17.9. The normalized spacial score (nSPS) is 21.9. The molecular formula is C22H22BrN3O4. The van der Waals surface area contributed by atoms with Crippen molar-refractivity contribution in [1.29, 1.82) is 0 Å². The smallest absolute Gasteiger partial charge is 0.295 e. The number of Topliss-reactive ketones (excluding diaryl/α,β-unsaturated/α-hetero) is 1. The molecule has 0 bridgehead atoms. The molecule has 8 heteroatoms. The molecule has 156 valence electrons. The predicted octanol–water partition coefficient (Wildman–Crippen LogP) is 2.60. The van der Waals surface area contributed by atoms with Crippen molar-refractivity contribution >= 4 is 33.4 Å². The maximum Gasteiger partial charge on any atom is 0.295 e. The number of ether oxygens (including phenoxy) is 1. The Kier molecular flexibility index (Phi) is 6.26. The molecule has 0 unspecified atom stereocenters. The van der Waals surface area contributed by atoms with Crippen molar-refractivity contribution < 1.29 is 19.4 Å². The van der Waals surface area contributed by atoms with E-state index >= 15 is 0 Å². The van der Waals surface area contributed by atoms with Crippen molar-refractivity contribution in [3.8, 4) is 0 Å². The average Bonchev–Trinajstić information content (AvgIpc) is 3.04. The highest BCUT2D eigenvalue weighted by atomic mass is 79.9. The van der Waals surface area contributed by atoms with Gasteiger partial charge in [-0.3, -0.25) is 19.5 Å². The lowest BCUT2D eigenvalue weighted by Crippen LogP contribution is -2.42. The van der Waals surface area contributed by atoms with Crippen LogP contribution in [0, 0.1) is 0 Å². The third kappa shape index (κ3) is 4.16. The number of nitrogens with zero attached hydrogens (tertiary/aromatic N) is 3. The van der Waals surface area contributed by atoms with Crippen LogP contribution in [0.5, 0.6) is 0 Å². The molecule has 1 atom stereocenters. The van der Waals surface area contributed by atoms with Crippen LogP contribution >= 0.6 is 15.9 Å². The van der Waals surface area contributed by atoms with E-state index in [1.54, 1.807) is 47.6 Å². The minimum atomic E-state index is -0.677. The maximum absolute atomic E-state index is 13.0. The van der Waals surface area contributed by atoms with Gasteiger partial charge in [-0.05, 0) is 23.8 Å². The molecular weight excluding hydrogens is 450 g/mol. The maximum atomic E-state index is 13.0. The number of aliphatic hydroxyl groups is 1. The number of carbonyl (C=O) groups is 2. The van der Waals surface area contributed by atoms with Crippen molar-refractivity contribution in [2.45, 2.75) is 6.04 Å². The Morgan fingerprint density at radius 3 is 2.53 bits per heavy atom. The van der Waals surface area contributed by atoms with Gasteiger partial charge in [-0.15, -0.1) is 0 Å². The number of ketones is 1. The fraction of sp³-hybridized carbons (Fsp3) is 0.318. The first kappa shape index (κ1) is 20.7. The molecule has 0 radical (unpaired) electrons. The van der Waals surface area contributed by atoms with Crippen molar-refractivity contribution in [3.63, 3.8) is 0 Å². The summed E-state index contributed by atoms with van der Waals surface area (Å²) in [5, 5.41) is 11.0. The van der Waals surface area contributed by atoms with Gasteiger partial charge in [-0.2, -0.15) is 0 Å². The van der Waals surface area contributed by atoms with Crippen LogP contribution in [0.15, 0.2) is 58.8 Å². The first-order chi connectivity index (χ1) is 14.6. The Balaban J connectivity index is 1.71. The van der Waals surface area contributed by atoms with Crippen molar-refractivity contribution in [2.24, 2.45) is 0 Å². The molecule has 2 aliphatic heterocycles. The number of rotatable bonds is 5. The molecule has 2 aliphatic rings. The number of pyridine rings is 1. The molecule has 2 fully saturated rings. The molecule has 30 heavy (non-hydrogen) atoms. The molecule has 3 heterocycles. The molecule has 2 saturated heterocycles. The number of halogens is 1. The van der Waals surface area contributed by atoms with E-state index in [1.165, 1.54) is 0 Å². The molecule has 1 aromatic carbocycles. The lowest BCUT2D eigenvalue weighted by molar-refractivity contribution is -0.140. The second kappa shape index (κ2) is 9.07. The van der Waals surface area contributed by atoms with Crippen molar-refractivity contribution in [1.82, 2.24) is 14.8 Å². The number of carbonyl (C=O) groups excluding carboxylic acids is 2. The number of benzene rings is 1. The summed E-state index contributed by atoms with van der Waals surface area (Å²) in [7, 11) is 0. The Morgan fingerprint density at radius 2 is 1.87 bits per heavy atom. The molecule has 0 saturated carbocycles. The molecule has 7 nitrogen and oxygen atoms in total. The van der Waals surface area contributed by atoms with Gasteiger partial charge in [0.25, 0.3) is 11.7 Å². The number of morpholine rings is 1. The molecule has 1 N–H and O–H groups in total. The third-order valence-corrected chi connectivity index (χ3v) is 5.95. The van der Waals surface area contributed by atoms with Gasteiger partial charge in [-0.1, -0.05) is 34.1 Å². The van der Waals surface area contributed by atoms with Gasteiger partial charge in [0.2, 0.25) is 0 Å². The monoisotopic (exact) mass is 471 g/mol. The van der Waals surface area contributed by atoms with E-state index in [0.717, 1.165) is 17.6 Å². The largest absolute Gasteiger partial charge is 0.507 e. The molecule has 0 spiro atoms. The summed E-state index contributed by atoms with van der Waals surface area (Å²) in [4.78, 5) is 33.8. The van der Waals surface area contributed by atoms with E-state index in [9.17, 15) is 14.7 Å². The van der Waals surface area contributed by atoms with Crippen LogP contribution in [0.4, 0.5) is 0 Å². The zero-order valence-electron chi connectivity index (χ0n) is 16.3. The second-order valence-corrected chi connectivity index (χ2v) is 8.16. The Hall–Kier alpha value is -2.55. The fourth-order valence-corrected chi connectivity index (χ4v) is 4.10. The number of aliphatic hydroxyl groups excluding tert-OH is 1. The number of likely N-dealkylation sites (tertiary alicyclic amines) is 1. The zero-order chi connectivity index (χ0) is 21.1. The number of hydrogen-bond acceptors (Lipinski definition) is 6. The van der Waals surface area contributed by atoms with Crippen LogP contribution in [0.1, 0.15) is 17.2 Å². The molecule has 1 amide bonds. The van der Waals surface area contributed by atoms with E-state index in [-0.39, 0.29) is 11.3 Å². The quantitative estimate of drug-likeness (QED) is 0.409. The lowest BCUT2D eigenvalue weighted by Gasteiger charge is -2.30. The summed E-state index contributed by atoms with van der Waals surface area (Å²) < 4.78 is 6.23. The van der Waals surface area contributed by atoms with Gasteiger partial charge >= 0.3 is 0 Å². The molecule has 1 aromatic heterocycles. The van der Waals surface area contributed by atoms with Crippen LogP contribution < -0.4 is 0 Å². The Morgan fingerprint density at radius 1 is 1.13 bits per heavy atom. The summed E-state index contributed by atoms with van der Waals surface area (Å²) in [5.41, 5.74) is 1.27. The Labute approximate surface area is 183 Å². The second-order valence-electron chi connectivity index (χ2n) is 7.24. The number of amides is 1. The predicted molar refractivity (Wildman–Crippen MR) is 115 cm³/mol. The van der Waals surface area contributed by atoms with Gasteiger partial charge < -0.3 is 14.7 Å². The standard InChI is InChI=1S/C22H22BrN3O4/c23-17-5-3-15(4-6-17)20(27)18-19(16-2-1-7-24-14-16)26(22(29)21(18)28)9-8-25-10-12-30-13-11-25/h1-7,14,19,27H,8-13H2/t19-/m1/s1. The summed E-state index contributed by atoms with van der Waals surface area (Å²) in [6, 6.07) is 9.88. The van der Waals surface area contributed by atoms with E-state index in [1.807, 2.05) is 6.07 Å². The fourth-order valence-electron chi connectivity index (χ4n) is 3.83. The van der Waals surface area contributed by atoms with E-state index < -0.39 is 17.7 Å². The third-order valence-electron chi connectivity index (χ3n) is 5.42. The molecule has 0 aliphatic carbocycles. The molecule has 4 rings (SSSR count). The van der Waals surface area contributed by atoms with E-state index in [4.69, 9.17) is 4.74 Å². The minimum absolute atomic E-state index is 0.0947. The minimum Gasteiger partial charge on any atom is -0.507 e. The van der Waals surface area contributed by atoms with E-state index in [0.29, 0.717) is 37.4 Å². The van der Waals surface area contributed by atoms with Crippen molar-refractivity contribution in [2.75, 3.05) is 39.4 Å². The van der Waals surface area contributed by atoms with Crippen LogP contribution in [-0.4, -0.2) is 71.0 Å².